The molecular weight excluding hydrogens is 436 g/mol. The first-order chi connectivity index (χ1) is 17.0. The van der Waals surface area contributed by atoms with Gasteiger partial charge in [-0.25, -0.2) is 9.78 Å². The van der Waals surface area contributed by atoms with E-state index in [9.17, 15) is 4.79 Å². The zero-order chi connectivity index (χ0) is 24.5. The number of benzene rings is 4. The summed E-state index contributed by atoms with van der Waals surface area (Å²) in [4.78, 5) is 18.6. The number of pyridine rings is 1. The number of nitrogens with zero attached hydrogens (tertiary/aromatic N) is 2. The van der Waals surface area contributed by atoms with Gasteiger partial charge in [0.25, 0.3) is 0 Å². The van der Waals surface area contributed by atoms with E-state index in [1.165, 1.54) is 0 Å². The highest BCUT2D eigenvalue weighted by atomic mass is 16.5. The van der Waals surface area contributed by atoms with E-state index in [-0.39, 0.29) is 0 Å². The number of aromatic nitrogens is 1. The van der Waals surface area contributed by atoms with E-state index >= 15 is 0 Å². The summed E-state index contributed by atoms with van der Waals surface area (Å²) < 4.78 is 11.5. The average molecular weight is 461 g/mol. The number of ether oxygens (including phenoxy) is 2. The van der Waals surface area contributed by atoms with Crippen LogP contribution in [-0.4, -0.2) is 18.1 Å². The molecule has 0 aliphatic carbocycles. The molecule has 0 aliphatic rings. The minimum Gasteiger partial charge on any atom is -0.497 e. The van der Waals surface area contributed by atoms with Crippen molar-refractivity contribution in [2.75, 3.05) is 7.11 Å². The van der Waals surface area contributed by atoms with Crippen LogP contribution in [0.15, 0.2) is 66.7 Å². The molecule has 4 aromatic carbocycles. The molecule has 0 N–H and O–H groups in total. The third kappa shape index (κ3) is 4.15. The maximum atomic E-state index is 13.8. The zero-order valence-corrected chi connectivity index (χ0v) is 19.9. The van der Waals surface area contributed by atoms with Gasteiger partial charge in [-0.15, -0.1) is 0 Å². The molecule has 5 aromatic rings. The minimum atomic E-state index is -0.443. The number of nitriles is 1. The second kappa shape index (κ2) is 9.08. The summed E-state index contributed by atoms with van der Waals surface area (Å²) in [5, 5.41) is 12.4. The van der Waals surface area contributed by atoms with Crippen LogP contribution in [-0.2, 0) is 6.42 Å². The highest BCUT2D eigenvalue weighted by Gasteiger charge is 2.21. The van der Waals surface area contributed by atoms with Crippen molar-refractivity contribution in [3.8, 4) is 17.6 Å². The first-order valence-electron chi connectivity index (χ1n) is 11.5. The molecule has 0 unspecified atom stereocenters. The Morgan fingerprint density at radius 1 is 0.914 bits per heavy atom. The zero-order valence-electron chi connectivity index (χ0n) is 19.9. The monoisotopic (exact) mass is 460 g/mol. The van der Waals surface area contributed by atoms with Crippen LogP contribution >= 0.6 is 0 Å². The Balaban J connectivity index is 1.69. The van der Waals surface area contributed by atoms with Gasteiger partial charge in [0, 0.05) is 17.2 Å². The van der Waals surface area contributed by atoms with Crippen LogP contribution in [0.25, 0.3) is 32.6 Å². The second-order valence-corrected chi connectivity index (χ2v) is 8.69. The van der Waals surface area contributed by atoms with E-state index in [0.717, 1.165) is 38.4 Å². The van der Waals surface area contributed by atoms with Gasteiger partial charge in [-0.2, -0.15) is 5.26 Å². The summed E-state index contributed by atoms with van der Waals surface area (Å²) in [6.07, 6.45) is 1.11. The van der Waals surface area contributed by atoms with Crippen molar-refractivity contribution in [2.24, 2.45) is 0 Å². The van der Waals surface area contributed by atoms with Gasteiger partial charge >= 0.3 is 5.97 Å². The molecule has 0 atom stereocenters. The predicted molar refractivity (Wildman–Crippen MR) is 138 cm³/mol. The number of hydrogen-bond donors (Lipinski definition) is 0. The van der Waals surface area contributed by atoms with E-state index in [2.05, 4.69) is 6.07 Å². The molecule has 0 aliphatic heterocycles. The molecule has 1 aromatic heterocycles. The Bertz CT molecular complexity index is 1640. The number of hydrogen-bond acceptors (Lipinski definition) is 5. The first-order valence-corrected chi connectivity index (χ1v) is 11.5. The number of esters is 1. The van der Waals surface area contributed by atoms with Crippen LogP contribution in [0, 0.1) is 25.2 Å². The third-order valence-corrected chi connectivity index (χ3v) is 6.29. The number of rotatable bonds is 5. The Labute approximate surface area is 203 Å². The highest BCUT2D eigenvalue weighted by Crippen LogP contribution is 2.34. The summed E-state index contributed by atoms with van der Waals surface area (Å²) in [6.45, 7) is 3.84. The Morgan fingerprint density at radius 3 is 2.29 bits per heavy atom. The van der Waals surface area contributed by atoms with Crippen molar-refractivity contribution in [1.29, 1.82) is 5.26 Å². The first kappa shape index (κ1) is 22.4. The molecule has 35 heavy (non-hydrogen) atoms. The van der Waals surface area contributed by atoms with Gasteiger partial charge in [0.2, 0.25) is 0 Å². The van der Waals surface area contributed by atoms with Gasteiger partial charge in [-0.1, -0.05) is 36.4 Å². The van der Waals surface area contributed by atoms with Crippen molar-refractivity contribution in [3.05, 3.63) is 89.0 Å². The predicted octanol–water partition coefficient (Wildman–Crippen LogP) is 6.84. The Kier molecular flexibility index (Phi) is 5.80. The van der Waals surface area contributed by atoms with Crippen molar-refractivity contribution in [2.45, 2.75) is 26.7 Å². The molecule has 5 heteroatoms. The Hall–Kier alpha value is -4.43. The number of carbonyl (C=O) groups is 1. The molecule has 0 saturated carbocycles. The van der Waals surface area contributed by atoms with Gasteiger partial charge in [0.15, 0.2) is 0 Å². The van der Waals surface area contributed by atoms with Crippen LogP contribution in [0.1, 0.15) is 33.5 Å². The largest absolute Gasteiger partial charge is 0.497 e. The summed E-state index contributed by atoms with van der Waals surface area (Å²) in [5.41, 5.74) is 4.66. The van der Waals surface area contributed by atoms with E-state index < -0.39 is 5.97 Å². The molecular formula is C30H24N2O3. The molecule has 0 bridgehead atoms. The van der Waals surface area contributed by atoms with E-state index in [1.807, 2.05) is 80.6 Å². The van der Waals surface area contributed by atoms with Crippen LogP contribution in [0.5, 0.6) is 11.5 Å². The number of carbonyl (C=O) groups excluding carboxylic acids is 1. The molecule has 5 rings (SSSR count). The van der Waals surface area contributed by atoms with Crippen molar-refractivity contribution < 1.29 is 14.3 Å². The number of aryl methyl sites for hydroxylation is 3. The molecule has 0 spiro atoms. The van der Waals surface area contributed by atoms with E-state index in [0.29, 0.717) is 40.8 Å². The third-order valence-electron chi connectivity index (χ3n) is 6.29. The molecule has 0 radical (unpaired) electrons. The van der Waals surface area contributed by atoms with E-state index in [4.69, 9.17) is 19.7 Å². The van der Waals surface area contributed by atoms with Crippen LogP contribution in [0.2, 0.25) is 0 Å². The van der Waals surface area contributed by atoms with Gasteiger partial charge in [0.05, 0.1) is 29.8 Å². The summed E-state index contributed by atoms with van der Waals surface area (Å²) in [6, 6.07) is 23.7. The molecule has 1 heterocycles. The Morgan fingerprint density at radius 2 is 1.60 bits per heavy atom. The molecule has 172 valence electrons. The van der Waals surface area contributed by atoms with E-state index in [1.54, 1.807) is 7.11 Å². The fourth-order valence-electron chi connectivity index (χ4n) is 4.64. The lowest BCUT2D eigenvalue weighted by molar-refractivity contribution is 0.0736. The summed E-state index contributed by atoms with van der Waals surface area (Å²) >= 11 is 0. The van der Waals surface area contributed by atoms with Gasteiger partial charge < -0.3 is 9.47 Å². The lowest BCUT2D eigenvalue weighted by Crippen LogP contribution is -2.12. The highest BCUT2D eigenvalue weighted by molar-refractivity contribution is 6.17. The minimum absolute atomic E-state index is 0.443. The molecule has 0 amide bonds. The average Bonchev–Trinajstić information content (AvgIpc) is 2.86. The smallest absolute Gasteiger partial charge is 0.344 e. The van der Waals surface area contributed by atoms with Gasteiger partial charge in [-0.3, -0.25) is 0 Å². The van der Waals surface area contributed by atoms with Crippen molar-refractivity contribution in [3.63, 3.8) is 0 Å². The maximum absolute atomic E-state index is 13.8. The topological polar surface area (TPSA) is 72.2 Å². The van der Waals surface area contributed by atoms with Gasteiger partial charge in [-0.05, 0) is 78.1 Å². The summed E-state index contributed by atoms with van der Waals surface area (Å²) in [5.74, 6) is 0.738. The molecule has 0 fully saturated rings. The number of methoxy groups -OCH3 is 1. The SMILES string of the molecule is COc1ccc2nc3cc4ccccc4cc3c(C(=O)Oc3c(C)cc(CCC#N)cc3C)c2c1. The lowest BCUT2D eigenvalue weighted by atomic mass is 9.99. The second-order valence-electron chi connectivity index (χ2n) is 8.69. The maximum Gasteiger partial charge on any atom is 0.344 e. The summed E-state index contributed by atoms with van der Waals surface area (Å²) in [7, 11) is 1.60. The lowest BCUT2D eigenvalue weighted by Gasteiger charge is -2.15. The standard InChI is InChI=1S/C30H24N2O3/c1-18-13-20(7-6-12-31)14-19(2)29(18)35-30(33)28-24-15-21-8-4-5-9-22(21)16-27(24)32-26-11-10-23(34-3)17-25(26)28/h4-5,8-11,13-17H,6-7H2,1-3H3. The normalized spacial score (nSPS) is 11.0. The quantitative estimate of drug-likeness (QED) is 0.163. The molecule has 0 saturated heterocycles. The van der Waals surface area contributed by atoms with Crippen LogP contribution < -0.4 is 9.47 Å². The van der Waals surface area contributed by atoms with Crippen molar-refractivity contribution in [1.82, 2.24) is 4.98 Å². The number of fused-ring (bicyclic) bond motifs is 3. The van der Waals surface area contributed by atoms with Crippen LogP contribution in [0.4, 0.5) is 0 Å². The van der Waals surface area contributed by atoms with Gasteiger partial charge in [0.1, 0.15) is 11.5 Å². The molecule has 5 nitrogen and oxygen atoms in total. The van der Waals surface area contributed by atoms with Crippen LogP contribution in [0.3, 0.4) is 0 Å². The fraction of sp³-hybridized carbons (Fsp3) is 0.167. The van der Waals surface area contributed by atoms with Crippen molar-refractivity contribution >= 4 is 38.5 Å². The fourth-order valence-corrected chi connectivity index (χ4v) is 4.64.